The highest BCUT2D eigenvalue weighted by Gasteiger charge is 2.33. The van der Waals surface area contributed by atoms with Gasteiger partial charge in [-0.05, 0) is 38.8 Å². The fourth-order valence-corrected chi connectivity index (χ4v) is 3.44. The quantitative estimate of drug-likeness (QED) is 0.757. The lowest BCUT2D eigenvalue weighted by Crippen LogP contribution is -2.50. The maximum absolute atomic E-state index is 9.55. The van der Waals surface area contributed by atoms with Crippen LogP contribution in [0, 0.1) is 0 Å². The minimum absolute atomic E-state index is 0.107. The fraction of sp³-hybridized carbons (Fsp3) is 1.00. The fourth-order valence-electron chi connectivity index (χ4n) is 3.44. The summed E-state index contributed by atoms with van der Waals surface area (Å²) in [6.45, 7) is 7.02. The van der Waals surface area contributed by atoms with Gasteiger partial charge in [-0.25, -0.2) is 0 Å². The average Bonchev–Trinajstić information content (AvgIpc) is 2.90. The van der Waals surface area contributed by atoms with E-state index in [1.807, 2.05) is 0 Å². The van der Waals surface area contributed by atoms with Crippen LogP contribution in [0.1, 0.15) is 39.0 Å². The molecule has 3 atom stereocenters. The van der Waals surface area contributed by atoms with Crippen LogP contribution in [0.4, 0.5) is 0 Å². The third kappa shape index (κ3) is 3.23. The highest BCUT2D eigenvalue weighted by Crippen LogP contribution is 2.22. The van der Waals surface area contributed by atoms with Crippen LogP contribution in [0.25, 0.3) is 0 Å². The monoisotopic (exact) mass is 255 g/mol. The van der Waals surface area contributed by atoms with Crippen LogP contribution in [0.5, 0.6) is 0 Å². The summed E-state index contributed by atoms with van der Waals surface area (Å²) in [4.78, 5) is 5.06. The van der Waals surface area contributed by atoms with E-state index in [2.05, 4.69) is 16.7 Å². The van der Waals surface area contributed by atoms with Gasteiger partial charge >= 0.3 is 0 Å². The first kappa shape index (κ1) is 14.3. The Morgan fingerprint density at radius 3 is 2.56 bits per heavy atom. The Bertz CT molecular complexity index is 243. The van der Waals surface area contributed by atoms with Crippen LogP contribution < -0.4 is 5.73 Å². The van der Waals surface area contributed by atoms with E-state index in [9.17, 15) is 5.11 Å². The smallest absolute Gasteiger partial charge is 0.0601 e. The molecule has 0 saturated carbocycles. The molecule has 2 fully saturated rings. The van der Waals surface area contributed by atoms with Crippen molar-refractivity contribution in [3.05, 3.63) is 0 Å². The molecular weight excluding hydrogens is 226 g/mol. The average molecular weight is 255 g/mol. The summed E-state index contributed by atoms with van der Waals surface area (Å²) in [7, 11) is 0. The molecule has 4 nitrogen and oxygen atoms in total. The predicted molar refractivity (Wildman–Crippen MR) is 74.5 cm³/mol. The Morgan fingerprint density at radius 2 is 1.94 bits per heavy atom. The third-order valence-electron chi connectivity index (χ3n) is 4.72. The van der Waals surface area contributed by atoms with E-state index >= 15 is 0 Å². The summed E-state index contributed by atoms with van der Waals surface area (Å²) in [5.74, 6) is 0. The van der Waals surface area contributed by atoms with Crippen molar-refractivity contribution in [3.63, 3.8) is 0 Å². The van der Waals surface area contributed by atoms with Gasteiger partial charge in [-0.15, -0.1) is 0 Å². The second-order valence-corrected chi connectivity index (χ2v) is 5.86. The molecule has 0 aromatic heterocycles. The normalized spacial score (nSPS) is 30.5. The third-order valence-corrected chi connectivity index (χ3v) is 4.72. The Kier molecular flexibility index (Phi) is 5.42. The van der Waals surface area contributed by atoms with Crippen LogP contribution in [0.15, 0.2) is 0 Å². The van der Waals surface area contributed by atoms with E-state index in [1.165, 1.54) is 38.8 Å². The molecule has 2 aliphatic heterocycles. The molecule has 2 heterocycles. The molecule has 4 heteroatoms. The van der Waals surface area contributed by atoms with Crippen molar-refractivity contribution in [3.8, 4) is 0 Å². The summed E-state index contributed by atoms with van der Waals surface area (Å²) in [6, 6.07) is 0.961. The summed E-state index contributed by atoms with van der Waals surface area (Å²) in [5.41, 5.74) is 6.12. The Hall–Kier alpha value is -0.160. The van der Waals surface area contributed by atoms with E-state index in [-0.39, 0.29) is 18.7 Å². The molecule has 2 aliphatic rings. The second kappa shape index (κ2) is 6.85. The molecule has 18 heavy (non-hydrogen) atoms. The molecule has 0 aliphatic carbocycles. The molecule has 0 amide bonds. The van der Waals surface area contributed by atoms with Crippen molar-refractivity contribution >= 4 is 0 Å². The van der Waals surface area contributed by atoms with Crippen molar-refractivity contribution in [2.24, 2.45) is 5.73 Å². The van der Waals surface area contributed by atoms with Gasteiger partial charge in [-0.3, -0.25) is 9.80 Å². The molecule has 0 radical (unpaired) electrons. The summed E-state index contributed by atoms with van der Waals surface area (Å²) >= 11 is 0. The number of aliphatic hydroxyl groups excluding tert-OH is 1. The van der Waals surface area contributed by atoms with Gasteiger partial charge in [0.05, 0.1) is 6.61 Å². The molecule has 2 saturated heterocycles. The first-order chi connectivity index (χ1) is 8.76. The molecule has 106 valence electrons. The molecule has 2 rings (SSSR count). The summed E-state index contributed by atoms with van der Waals surface area (Å²) in [5, 5.41) is 9.55. The van der Waals surface area contributed by atoms with Crippen LogP contribution in [-0.4, -0.2) is 65.8 Å². The zero-order chi connectivity index (χ0) is 13.0. The van der Waals surface area contributed by atoms with Gasteiger partial charge in [0, 0.05) is 31.2 Å². The second-order valence-electron chi connectivity index (χ2n) is 5.86. The van der Waals surface area contributed by atoms with Gasteiger partial charge in [0.2, 0.25) is 0 Å². The van der Waals surface area contributed by atoms with Gasteiger partial charge in [0.1, 0.15) is 0 Å². The summed E-state index contributed by atoms with van der Waals surface area (Å²) in [6.07, 6.45) is 6.29. The number of hydrogen-bond donors (Lipinski definition) is 2. The molecule has 3 unspecified atom stereocenters. The lowest BCUT2D eigenvalue weighted by atomic mass is 10.1. The SMILES string of the molecule is CCC(N)C(CO)N1CCC(N2CCCCC2)C1. The topological polar surface area (TPSA) is 52.7 Å². The number of hydrogen-bond acceptors (Lipinski definition) is 4. The van der Waals surface area contributed by atoms with Crippen molar-refractivity contribution in [1.82, 2.24) is 9.80 Å². The van der Waals surface area contributed by atoms with Crippen LogP contribution in [0.3, 0.4) is 0 Å². The lowest BCUT2D eigenvalue weighted by Gasteiger charge is -2.34. The van der Waals surface area contributed by atoms with E-state index in [1.54, 1.807) is 0 Å². The van der Waals surface area contributed by atoms with Crippen molar-refractivity contribution in [2.75, 3.05) is 32.8 Å². The number of nitrogens with zero attached hydrogens (tertiary/aromatic N) is 2. The largest absolute Gasteiger partial charge is 0.395 e. The zero-order valence-electron chi connectivity index (χ0n) is 11.7. The molecule has 3 N–H and O–H groups in total. The highest BCUT2D eigenvalue weighted by atomic mass is 16.3. The maximum Gasteiger partial charge on any atom is 0.0601 e. The van der Waals surface area contributed by atoms with Gasteiger partial charge < -0.3 is 10.8 Å². The molecule has 0 bridgehead atoms. The Labute approximate surface area is 111 Å². The van der Waals surface area contributed by atoms with Crippen molar-refractivity contribution in [1.29, 1.82) is 0 Å². The number of piperidine rings is 1. The number of likely N-dealkylation sites (tertiary alicyclic amines) is 2. The van der Waals surface area contributed by atoms with Crippen LogP contribution >= 0.6 is 0 Å². The summed E-state index contributed by atoms with van der Waals surface area (Å²) < 4.78 is 0. The van der Waals surface area contributed by atoms with Crippen molar-refractivity contribution < 1.29 is 5.11 Å². The predicted octanol–water partition coefficient (Wildman–Crippen LogP) is 0.645. The standard InChI is InChI=1S/C14H29N3O/c1-2-13(15)14(11-18)17-9-6-12(10-17)16-7-4-3-5-8-16/h12-14,18H,2-11,15H2,1H3. The first-order valence-electron chi connectivity index (χ1n) is 7.60. The first-order valence-corrected chi connectivity index (χ1v) is 7.60. The molecule has 0 aromatic rings. The van der Waals surface area contributed by atoms with Gasteiger partial charge in [0.15, 0.2) is 0 Å². The number of aliphatic hydroxyl groups is 1. The number of nitrogens with two attached hydrogens (primary N) is 1. The van der Waals surface area contributed by atoms with Gasteiger partial charge in [-0.2, -0.15) is 0 Å². The Morgan fingerprint density at radius 1 is 1.22 bits per heavy atom. The van der Waals surface area contributed by atoms with E-state index in [4.69, 9.17) is 5.73 Å². The molecule has 0 aromatic carbocycles. The number of rotatable bonds is 5. The van der Waals surface area contributed by atoms with E-state index in [0.717, 1.165) is 19.5 Å². The van der Waals surface area contributed by atoms with Crippen LogP contribution in [-0.2, 0) is 0 Å². The zero-order valence-corrected chi connectivity index (χ0v) is 11.7. The van der Waals surface area contributed by atoms with Gasteiger partial charge in [-0.1, -0.05) is 13.3 Å². The minimum Gasteiger partial charge on any atom is -0.395 e. The Balaban J connectivity index is 1.86. The van der Waals surface area contributed by atoms with Gasteiger partial charge in [0.25, 0.3) is 0 Å². The maximum atomic E-state index is 9.55. The lowest BCUT2D eigenvalue weighted by molar-refractivity contribution is 0.107. The van der Waals surface area contributed by atoms with Crippen molar-refractivity contribution in [2.45, 2.75) is 57.2 Å². The van der Waals surface area contributed by atoms with Crippen LogP contribution in [0.2, 0.25) is 0 Å². The minimum atomic E-state index is 0.107. The molecule has 0 spiro atoms. The highest BCUT2D eigenvalue weighted by molar-refractivity contribution is 4.91. The molecular formula is C14H29N3O. The van der Waals surface area contributed by atoms with E-state index in [0.29, 0.717) is 6.04 Å². The van der Waals surface area contributed by atoms with E-state index < -0.39 is 0 Å².